The molecule has 0 amide bonds. The van der Waals surface area contributed by atoms with Gasteiger partial charge in [-0.25, -0.2) is 9.97 Å². The molecule has 2 rings (SSSR count). The van der Waals surface area contributed by atoms with E-state index in [9.17, 15) is 0 Å². The van der Waals surface area contributed by atoms with E-state index in [0.717, 1.165) is 31.0 Å². The predicted molar refractivity (Wildman–Crippen MR) is 63.7 cm³/mol. The van der Waals surface area contributed by atoms with E-state index in [-0.39, 0.29) is 11.5 Å². The Kier molecular flexibility index (Phi) is 3.17. The van der Waals surface area contributed by atoms with Crippen LogP contribution in [-0.4, -0.2) is 16.6 Å². The third kappa shape index (κ3) is 2.53. The molecule has 2 heterocycles. The standard InChI is InChI=1S/C12H17ClN2O/c1-12(2,3)9-7-10(13)15-11(14-9)8-5-4-6-16-8/h7-8H,4-6H2,1-3H3. The Morgan fingerprint density at radius 2 is 2.12 bits per heavy atom. The van der Waals surface area contributed by atoms with Crippen molar-refractivity contribution in [2.75, 3.05) is 6.61 Å². The molecule has 1 unspecified atom stereocenters. The number of hydrogen-bond donors (Lipinski definition) is 0. The summed E-state index contributed by atoms with van der Waals surface area (Å²) in [5, 5.41) is 0.505. The van der Waals surface area contributed by atoms with Crippen molar-refractivity contribution in [3.63, 3.8) is 0 Å². The average molecular weight is 241 g/mol. The Bertz CT molecular complexity index is 381. The largest absolute Gasteiger partial charge is 0.370 e. The number of hydrogen-bond acceptors (Lipinski definition) is 3. The van der Waals surface area contributed by atoms with E-state index in [1.807, 2.05) is 6.07 Å². The van der Waals surface area contributed by atoms with Gasteiger partial charge in [0.1, 0.15) is 11.3 Å². The molecule has 0 aromatic carbocycles. The first-order valence-electron chi connectivity index (χ1n) is 5.63. The van der Waals surface area contributed by atoms with E-state index in [1.54, 1.807) is 0 Å². The third-order valence-corrected chi connectivity index (χ3v) is 2.89. The lowest BCUT2D eigenvalue weighted by Crippen LogP contribution is -2.16. The zero-order valence-corrected chi connectivity index (χ0v) is 10.7. The summed E-state index contributed by atoms with van der Waals surface area (Å²) >= 11 is 6.03. The van der Waals surface area contributed by atoms with Crippen molar-refractivity contribution in [1.29, 1.82) is 0 Å². The first-order valence-corrected chi connectivity index (χ1v) is 6.01. The van der Waals surface area contributed by atoms with Crippen LogP contribution in [0.2, 0.25) is 5.15 Å². The minimum atomic E-state index is -0.0140. The van der Waals surface area contributed by atoms with Gasteiger partial charge in [0.05, 0.1) is 5.69 Å². The van der Waals surface area contributed by atoms with Gasteiger partial charge in [0.25, 0.3) is 0 Å². The molecule has 1 aromatic heterocycles. The quantitative estimate of drug-likeness (QED) is 0.707. The normalized spacial score (nSPS) is 21.4. The third-order valence-electron chi connectivity index (χ3n) is 2.70. The lowest BCUT2D eigenvalue weighted by atomic mass is 9.92. The SMILES string of the molecule is CC(C)(C)c1cc(Cl)nc(C2CCCO2)n1. The number of aromatic nitrogens is 2. The fraction of sp³-hybridized carbons (Fsp3) is 0.667. The van der Waals surface area contributed by atoms with Crippen LogP contribution in [0.25, 0.3) is 0 Å². The van der Waals surface area contributed by atoms with E-state index in [0.29, 0.717) is 5.15 Å². The molecular formula is C12H17ClN2O. The summed E-state index contributed by atoms with van der Waals surface area (Å²) in [6.07, 6.45) is 2.09. The van der Waals surface area contributed by atoms with Gasteiger partial charge in [-0.2, -0.15) is 0 Å². The van der Waals surface area contributed by atoms with Crippen molar-refractivity contribution in [1.82, 2.24) is 9.97 Å². The predicted octanol–water partition coefficient (Wildman–Crippen LogP) is 3.28. The van der Waals surface area contributed by atoms with Crippen LogP contribution < -0.4 is 0 Å². The summed E-state index contributed by atoms with van der Waals surface area (Å²) in [4.78, 5) is 8.82. The molecular weight excluding hydrogens is 224 g/mol. The highest BCUT2D eigenvalue weighted by Gasteiger charge is 2.24. The Balaban J connectivity index is 2.35. The summed E-state index contributed by atoms with van der Waals surface area (Å²) in [6, 6.07) is 1.83. The monoisotopic (exact) mass is 240 g/mol. The lowest BCUT2D eigenvalue weighted by Gasteiger charge is -2.19. The number of rotatable bonds is 1. The summed E-state index contributed by atoms with van der Waals surface area (Å²) in [5.41, 5.74) is 0.956. The first-order chi connectivity index (χ1) is 7.47. The van der Waals surface area contributed by atoms with Gasteiger partial charge in [-0.15, -0.1) is 0 Å². The van der Waals surface area contributed by atoms with Gasteiger partial charge in [-0.1, -0.05) is 32.4 Å². The molecule has 3 nitrogen and oxygen atoms in total. The smallest absolute Gasteiger partial charge is 0.159 e. The summed E-state index contributed by atoms with van der Waals surface area (Å²) < 4.78 is 5.58. The van der Waals surface area contributed by atoms with Crippen LogP contribution in [-0.2, 0) is 10.2 Å². The molecule has 0 N–H and O–H groups in total. The molecule has 0 aliphatic carbocycles. The van der Waals surface area contributed by atoms with Gasteiger partial charge in [0.2, 0.25) is 0 Å². The minimum Gasteiger partial charge on any atom is -0.370 e. The van der Waals surface area contributed by atoms with E-state index in [1.165, 1.54) is 0 Å². The minimum absolute atomic E-state index is 0.0140. The number of nitrogens with zero attached hydrogens (tertiary/aromatic N) is 2. The molecule has 1 fully saturated rings. The van der Waals surface area contributed by atoms with Gasteiger partial charge in [0.15, 0.2) is 5.82 Å². The maximum Gasteiger partial charge on any atom is 0.159 e. The highest BCUT2D eigenvalue weighted by Crippen LogP contribution is 2.29. The maximum absolute atomic E-state index is 6.03. The van der Waals surface area contributed by atoms with Crippen molar-refractivity contribution in [2.24, 2.45) is 0 Å². The van der Waals surface area contributed by atoms with Crippen molar-refractivity contribution < 1.29 is 4.74 Å². The Morgan fingerprint density at radius 1 is 1.38 bits per heavy atom. The van der Waals surface area contributed by atoms with Crippen LogP contribution in [0.15, 0.2) is 6.07 Å². The lowest BCUT2D eigenvalue weighted by molar-refractivity contribution is 0.104. The zero-order valence-electron chi connectivity index (χ0n) is 9.96. The van der Waals surface area contributed by atoms with Crippen molar-refractivity contribution in [3.05, 3.63) is 22.7 Å². The molecule has 1 aliphatic rings. The first kappa shape index (κ1) is 11.8. The second kappa shape index (κ2) is 4.30. The van der Waals surface area contributed by atoms with Crippen LogP contribution in [0.3, 0.4) is 0 Å². The van der Waals surface area contributed by atoms with Crippen LogP contribution in [0, 0.1) is 0 Å². The molecule has 1 aromatic rings. The number of ether oxygens (including phenoxy) is 1. The van der Waals surface area contributed by atoms with Crippen LogP contribution >= 0.6 is 11.6 Å². The molecule has 4 heteroatoms. The van der Waals surface area contributed by atoms with Gasteiger partial charge < -0.3 is 4.74 Å². The fourth-order valence-corrected chi connectivity index (χ4v) is 1.93. The summed E-state index contributed by atoms with van der Waals surface area (Å²) in [6.45, 7) is 7.15. The maximum atomic E-state index is 6.03. The molecule has 0 saturated carbocycles. The molecule has 16 heavy (non-hydrogen) atoms. The molecule has 1 atom stereocenters. The topological polar surface area (TPSA) is 35.0 Å². The Hall–Kier alpha value is -0.670. The van der Waals surface area contributed by atoms with Crippen LogP contribution in [0.4, 0.5) is 0 Å². The fourth-order valence-electron chi connectivity index (χ4n) is 1.74. The Labute approximate surface area is 101 Å². The second-order valence-electron chi connectivity index (χ2n) is 5.19. The van der Waals surface area contributed by atoms with Gasteiger partial charge in [-0.05, 0) is 18.9 Å². The van der Waals surface area contributed by atoms with E-state index in [2.05, 4.69) is 30.7 Å². The highest BCUT2D eigenvalue weighted by atomic mass is 35.5. The van der Waals surface area contributed by atoms with Crippen LogP contribution in [0.5, 0.6) is 0 Å². The molecule has 1 aliphatic heterocycles. The molecule has 1 saturated heterocycles. The molecule has 0 radical (unpaired) electrons. The zero-order chi connectivity index (χ0) is 11.8. The summed E-state index contributed by atoms with van der Waals surface area (Å²) in [5.74, 6) is 0.731. The van der Waals surface area contributed by atoms with Crippen molar-refractivity contribution in [2.45, 2.75) is 45.1 Å². The van der Waals surface area contributed by atoms with Crippen molar-refractivity contribution in [3.8, 4) is 0 Å². The van der Waals surface area contributed by atoms with Gasteiger partial charge >= 0.3 is 0 Å². The van der Waals surface area contributed by atoms with Crippen LogP contribution in [0.1, 0.15) is 51.2 Å². The van der Waals surface area contributed by atoms with E-state index < -0.39 is 0 Å². The molecule has 0 bridgehead atoms. The second-order valence-corrected chi connectivity index (χ2v) is 5.57. The average Bonchev–Trinajstić information content (AvgIpc) is 2.68. The Morgan fingerprint density at radius 3 is 2.69 bits per heavy atom. The van der Waals surface area contributed by atoms with Crippen molar-refractivity contribution >= 4 is 11.6 Å². The molecule has 88 valence electrons. The van der Waals surface area contributed by atoms with Gasteiger partial charge in [-0.3, -0.25) is 0 Å². The molecule has 0 spiro atoms. The summed E-state index contributed by atoms with van der Waals surface area (Å²) in [7, 11) is 0. The van der Waals surface area contributed by atoms with E-state index >= 15 is 0 Å². The van der Waals surface area contributed by atoms with Gasteiger partial charge in [0, 0.05) is 12.0 Å². The van der Waals surface area contributed by atoms with E-state index in [4.69, 9.17) is 16.3 Å². The highest BCUT2D eigenvalue weighted by molar-refractivity contribution is 6.29. The number of halogens is 1.